The molecule has 0 fully saturated rings. The molecule has 38 heavy (non-hydrogen) atoms. The fourth-order valence-corrected chi connectivity index (χ4v) is 6.31. The molecule has 0 aliphatic rings. The van der Waals surface area contributed by atoms with Gasteiger partial charge in [0.15, 0.2) is 0 Å². The molecule has 0 aliphatic heterocycles. The number of halogens is 2. The lowest BCUT2D eigenvalue weighted by molar-refractivity contribution is -0.119. The summed E-state index contributed by atoms with van der Waals surface area (Å²) in [6.07, 6.45) is 1.55. The van der Waals surface area contributed by atoms with Gasteiger partial charge in [-0.2, -0.15) is 5.10 Å². The molecule has 0 saturated heterocycles. The number of nitrogens with one attached hydrogen (secondary N) is 1. The van der Waals surface area contributed by atoms with Gasteiger partial charge >= 0.3 is 0 Å². The summed E-state index contributed by atoms with van der Waals surface area (Å²) in [6, 6.07) is 22.7. The van der Waals surface area contributed by atoms with E-state index in [1.165, 1.54) is 12.1 Å². The lowest BCUT2D eigenvalue weighted by Gasteiger charge is -2.25. The Labute approximate surface area is 235 Å². The van der Waals surface area contributed by atoms with Gasteiger partial charge in [-0.25, -0.2) is 13.8 Å². The molecule has 0 spiro atoms. The summed E-state index contributed by atoms with van der Waals surface area (Å²) in [5.74, 6) is -0.587. The maximum atomic E-state index is 13.5. The van der Waals surface area contributed by atoms with Gasteiger partial charge in [0.05, 0.1) is 16.8 Å². The van der Waals surface area contributed by atoms with E-state index >= 15 is 0 Å². The molecule has 1 heterocycles. The minimum Gasteiger partial charge on any atom is -0.318 e. The third-order valence-corrected chi connectivity index (χ3v) is 8.48. The maximum Gasteiger partial charge on any atom is 0.264 e. The van der Waals surface area contributed by atoms with Crippen molar-refractivity contribution in [2.75, 3.05) is 10.8 Å². The van der Waals surface area contributed by atoms with Crippen molar-refractivity contribution in [1.29, 1.82) is 0 Å². The van der Waals surface area contributed by atoms with E-state index in [-0.39, 0.29) is 4.90 Å². The Kier molecular flexibility index (Phi) is 8.40. The zero-order chi connectivity index (χ0) is 27.4. The first kappa shape index (κ1) is 27.6. The number of hydrogen-bond acceptors (Lipinski definition) is 4. The average molecular weight is 614 g/mol. The van der Waals surface area contributed by atoms with E-state index in [9.17, 15) is 13.2 Å². The molecule has 4 rings (SSSR count). The molecule has 1 N–H and O–H groups in total. The number of anilines is 1. The molecule has 1 amide bonds. The number of benzene rings is 3. The summed E-state index contributed by atoms with van der Waals surface area (Å²) >= 11 is 9.59. The van der Waals surface area contributed by atoms with Crippen LogP contribution in [0.3, 0.4) is 0 Å². The van der Waals surface area contributed by atoms with Crippen LogP contribution in [0.2, 0.25) is 5.02 Å². The molecule has 4 aromatic rings. The number of amides is 1. The standard InChI is InChI=1S/C28H26BrClN4O3S/c1-19-14-24(30)12-13-27(19)33(38(36,37)26-10-5-4-6-11-26)18-28(35)32-31-17-22-15-20(2)34(21(22)3)25-9-7-8-23(29)16-25/h4-17H,18H2,1-3H3,(H,32,35)/b31-17-. The van der Waals surface area contributed by atoms with Crippen molar-refractivity contribution in [3.05, 3.63) is 111 Å². The Balaban J connectivity index is 1.57. The largest absolute Gasteiger partial charge is 0.318 e. The summed E-state index contributed by atoms with van der Waals surface area (Å²) in [6.45, 7) is 5.24. The Morgan fingerprint density at radius 3 is 2.45 bits per heavy atom. The molecule has 0 atom stereocenters. The molecule has 0 unspecified atom stereocenters. The van der Waals surface area contributed by atoms with Gasteiger partial charge in [-0.15, -0.1) is 0 Å². The van der Waals surface area contributed by atoms with Gasteiger partial charge in [0.1, 0.15) is 6.54 Å². The van der Waals surface area contributed by atoms with Crippen LogP contribution >= 0.6 is 27.5 Å². The van der Waals surface area contributed by atoms with Crippen LogP contribution < -0.4 is 9.73 Å². The second kappa shape index (κ2) is 11.6. The number of sulfonamides is 1. The van der Waals surface area contributed by atoms with Crippen molar-refractivity contribution in [2.45, 2.75) is 25.7 Å². The highest BCUT2D eigenvalue weighted by molar-refractivity contribution is 9.10. The monoisotopic (exact) mass is 612 g/mol. The van der Waals surface area contributed by atoms with Gasteiger partial charge in [-0.05, 0) is 80.9 Å². The normalized spacial score (nSPS) is 11.6. The number of nitrogens with zero attached hydrogens (tertiary/aromatic N) is 3. The smallest absolute Gasteiger partial charge is 0.264 e. The Morgan fingerprint density at radius 1 is 1.03 bits per heavy atom. The summed E-state index contributed by atoms with van der Waals surface area (Å²) < 4.78 is 31.1. The van der Waals surface area contributed by atoms with Crippen LogP contribution in [0.4, 0.5) is 5.69 Å². The van der Waals surface area contributed by atoms with Crippen LogP contribution in [-0.4, -0.2) is 31.7 Å². The van der Waals surface area contributed by atoms with E-state index in [0.29, 0.717) is 16.3 Å². The molecule has 1 aromatic heterocycles. The lowest BCUT2D eigenvalue weighted by atomic mass is 10.2. The van der Waals surface area contributed by atoms with Crippen molar-refractivity contribution in [2.24, 2.45) is 5.10 Å². The number of carbonyl (C=O) groups is 1. The molecule has 10 heteroatoms. The third kappa shape index (κ3) is 6.01. The first-order valence-electron chi connectivity index (χ1n) is 11.7. The van der Waals surface area contributed by atoms with Crippen LogP contribution in [0, 0.1) is 20.8 Å². The number of carbonyl (C=O) groups excluding carboxylic acids is 1. The third-order valence-electron chi connectivity index (χ3n) is 5.98. The second-order valence-electron chi connectivity index (χ2n) is 8.69. The van der Waals surface area contributed by atoms with Crippen molar-refractivity contribution < 1.29 is 13.2 Å². The summed E-state index contributed by atoms with van der Waals surface area (Å²) in [5.41, 5.74) is 7.22. The molecule has 196 valence electrons. The van der Waals surface area contributed by atoms with Crippen molar-refractivity contribution in [3.63, 3.8) is 0 Å². The van der Waals surface area contributed by atoms with Crippen LogP contribution in [0.5, 0.6) is 0 Å². The van der Waals surface area contributed by atoms with Gasteiger partial charge in [0.2, 0.25) is 0 Å². The summed E-state index contributed by atoms with van der Waals surface area (Å²) in [4.78, 5) is 13.0. The van der Waals surface area contributed by atoms with Crippen LogP contribution in [-0.2, 0) is 14.8 Å². The number of aryl methyl sites for hydroxylation is 2. The lowest BCUT2D eigenvalue weighted by Crippen LogP contribution is -2.40. The van der Waals surface area contributed by atoms with E-state index in [1.807, 2.05) is 44.2 Å². The van der Waals surface area contributed by atoms with Gasteiger partial charge in [-0.3, -0.25) is 9.10 Å². The number of rotatable bonds is 8. The van der Waals surface area contributed by atoms with E-state index in [2.05, 4.69) is 31.0 Å². The summed E-state index contributed by atoms with van der Waals surface area (Å²) in [5, 5.41) is 4.59. The first-order chi connectivity index (χ1) is 18.1. The molecular formula is C28H26BrClN4O3S. The Hall–Kier alpha value is -3.40. The maximum absolute atomic E-state index is 13.5. The Morgan fingerprint density at radius 2 is 1.76 bits per heavy atom. The van der Waals surface area contributed by atoms with E-state index in [1.54, 1.807) is 49.5 Å². The number of hydrazone groups is 1. The highest BCUT2D eigenvalue weighted by atomic mass is 79.9. The molecule has 0 aliphatic carbocycles. The quantitative estimate of drug-likeness (QED) is 0.191. The topological polar surface area (TPSA) is 83.8 Å². The Bertz CT molecular complexity index is 1620. The molecule has 7 nitrogen and oxygen atoms in total. The fraction of sp³-hybridized carbons (Fsp3) is 0.143. The highest BCUT2D eigenvalue weighted by Gasteiger charge is 2.28. The summed E-state index contributed by atoms with van der Waals surface area (Å²) in [7, 11) is -4.03. The molecule has 0 saturated carbocycles. The van der Waals surface area contributed by atoms with E-state index in [0.717, 1.165) is 31.4 Å². The zero-order valence-electron chi connectivity index (χ0n) is 21.0. The van der Waals surface area contributed by atoms with E-state index in [4.69, 9.17) is 11.6 Å². The van der Waals surface area contributed by atoms with Crippen LogP contribution in [0.1, 0.15) is 22.5 Å². The van der Waals surface area contributed by atoms with Gasteiger partial charge < -0.3 is 4.57 Å². The van der Waals surface area contributed by atoms with Crippen molar-refractivity contribution in [3.8, 4) is 5.69 Å². The highest BCUT2D eigenvalue weighted by Crippen LogP contribution is 2.29. The predicted molar refractivity (Wildman–Crippen MR) is 156 cm³/mol. The molecule has 3 aromatic carbocycles. The van der Waals surface area contributed by atoms with Crippen LogP contribution in [0.25, 0.3) is 5.69 Å². The SMILES string of the molecule is Cc1cc(Cl)ccc1N(CC(=O)N/N=C\c1cc(C)n(-c2cccc(Br)c2)c1C)S(=O)(=O)c1ccccc1. The van der Waals surface area contributed by atoms with Crippen LogP contribution in [0.15, 0.2) is 93.3 Å². The number of aromatic nitrogens is 1. The van der Waals surface area contributed by atoms with Crippen molar-refractivity contribution in [1.82, 2.24) is 9.99 Å². The predicted octanol–water partition coefficient (Wildman–Crippen LogP) is 6.16. The van der Waals surface area contributed by atoms with Gasteiger partial charge in [-0.1, -0.05) is 51.8 Å². The average Bonchev–Trinajstić information content (AvgIpc) is 3.16. The minimum atomic E-state index is -4.03. The molecule has 0 bridgehead atoms. The first-order valence-corrected chi connectivity index (χ1v) is 14.3. The molecule has 0 radical (unpaired) electrons. The fourth-order valence-electron chi connectivity index (χ4n) is 4.19. The second-order valence-corrected chi connectivity index (χ2v) is 11.9. The number of hydrogen-bond donors (Lipinski definition) is 1. The van der Waals surface area contributed by atoms with E-state index < -0.39 is 22.5 Å². The van der Waals surface area contributed by atoms with Gasteiger partial charge in [0, 0.05) is 32.1 Å². The zero-order valence-corrected chi connectivity index (χ0v) is 24.2. The minimum absolute atomic E-state index is 0.0747. The van der Waals surface area contributed by atoms with Crippen molar-refractivity contribution >= 4 is 55.4 Å². The molecular weight excluding hydrogens is 588 g/mol. The van der Waals surface area contributed by atoms with Gasteiger partial charge in [0.25, 0.3) is 15.9 Å².